The zero-order valence-electron chi connectivity index (χ0n) is 7.81. The highest BCUT2D eigenvalue weighted by Crippen LogP contribution is 2.16. The molecular formula is C11H15NO. The summed E-state index contributed by atoms with van der Waals surface area (Å²) in [4.78, 5) is 14.5. The molecule has 1 aromatic heterocycles. The fraction of sp³-hybridized carbons (Fsp3) is 0.545. The number of aromatic nitrogens is 1. The van der Waals surface area contributed by atoms with Gasteiger partial charge < -0.3 is 4.98 Å². The van der Waals surface area contributed by atoms with Crippen molar-refractivity contribution in [3.8, 4) is 0 Å². The molecule has 0 amide bonds. The van der Waals surface area contributed by atoms with Crippen molar-refractivity contribution in [2.45, 2.75) is 38.5 Å². The Morgan fingerprint density at radius 1 is 1.08 bits per heavy atom. The van der Waals surface area contributed by atoms with Gasteiger partial charge in [0.1, 0.15) is 5.78 Å². The van der Waals surface area contributed by atoms with E-state index >= 15 is 0 Å². The molecular weight excluding hydrogens is 162 g/mol. The number of carbonyl (C=O) groups is 1. The summed E-state index contributed by atoms with van der Waals surface area (Å²) in [5.41, 5.74) is 2.69. The van der Waals surface area contributed by atoms with Gasteiger partial charge in [-0.05, 0) is 37.3 Å². The summed E-state index contributed by atoms with van der Waals surface area (Å²) in [6, 6.07) is 2.14. The highest BCUT2D eigenvalue weighted by molar-refractivity contribution is 5.78. The molecule has 2 nitrogen and oxygen atoms in total. The standard InChI is InChI=1S/C11H15NO/c13-10-4-2-1-3-9-7-8-12-11(9)6-5-10/h7-8,12H,1-6H2. The fourth-order valence-corrected chi connectivity index (χ4v) is 1.93. The maximum Gasteiger partial charge on any atom is 0.133 e. The van der Waals surface area contributed by atoms with Crippen LogP contribution in [-0.4, -0.2) is 10.8 Å². The van der Waals surface area contributed by atoms with Crippen LogP contribution in [0.4, 0.5) is 0 Å². The zero-order valence-corrected chi connectivity index (χ0v) is 7.81. The number of Topliss-reactive ketones (excluding diaryl/α,β-unsaturated/α-hetero) is 1. The smallest absolute Gasteiger partial charge is 0.133 e. The summed E-state index contributed by atoms with van der Waals surface area (Å²) in [5, 5.41) is 0. The van der Waals surface area contributed by atoms with E-state index in [9.17, 15) is 4.79 Å². The lowest BCUT2D eigenvalue weighted by atomic mass is 10.1. The quantitative estimate of drug-likeness (QED) is 0.647. The maximum atomic E-state index is 11.3. The average molecular weight is 177 g/mol. The first-order valence-corrected chi connectivity index (χ1v) is 5.03. The number of H-pyrrole nitrogens is 1. The van der Waals surface area contributed by atoms with Crippen LogP contribution in [0.15, 0.2) is 12.3 Å². The average Bonchev–Trinajstić information content (AvgIpc) is 2.56. The number of aryl methyl sites for hydroxylation is 2. The Morgan fingerprint density at radius 3 is 2.85 bits per heavy atom. The van der Waals surface area contributed by atoms with Gasteiger partial charge in [0.05, 0.1) is 0 Å². The zero-order chi connectivity index (χ0) is 9.10. The van der Waals surface area contributed by atoms with E-state index in [0.29, 0.717) is 12.2 Å². The SMILES string of the molecule is O=C1CCCCc2cc[nH]c2CC1. The van der Waals surface area contributed by atoms with Crippen LogP contribution in [0, 0.1) is 0 Å². The minimum Gasteiger partial charge on any atom is -0.365 e. The first-order chi connectivity index (χ1) is 6.36. The van der Waals surface area contributed by atoms with Gasteiger partial charge in [0.15, 0.2) is 0 Å². The highest BCUT2D eigenvalue weighted by atomic mass is 16.1. The summed E-state index contributed by atoms with van der Waals surface area (Å²) in [6.45, 7) is 0. The Labute approximate surface area is 78.4 Å². The third kappa shape index (κ3) is 2.00. The van der Waals surface area contributed by atoms with Gasteiger partial charge in [0, 0.05) is 24.7 Å². The normalized spacial score (nSPS) is 18.6. The van der Waals surface area contributed by atoms with Gasteiger partial charge in [-0.3, -0.25) is 4.79 Å². The number of ketones is 1. The second kappa shape index (κ2) is 3.77. The summed E-state index contributed by atoms with van der Waals surface area (Å²) in [6.07, 6.45) is 7.72. The van der Waals surface area contributed by atoms with Crippen molar-refractivity contribution in [2.24, 2.45) is 0 Å². The lowest BCUT2D eigenvalue weighted by molar-refractivity contribution is -0.119. The van der Waals surface area contributed by atoms with Crippen LogP contribution in [0.1, 0.15) is 36.9 Å². The Morgan fingerprint density at radius 2 is 1.92 bits per heavy atom. The molecule has 1 aromatic rings. The van der Waals surface area contributed by atoms with Crippen LogP contribution in [0.5, 0.6) is 0 Å². The molecule has 1 aliphatic carbocycles. The van der Waals surface area contributed by atoms with Crippen LogP contribution in [0.25, 0.3) is 0 Å². The lowest BCUT2D eigenvalue weighted by Crippen LogP contribution is -1.99. The molecule has 0 atom stereocenters. The molecule has 0 unspecified atom stereocenters. The Balaban J connectivity index is 2.14. The van der Waals surface area contributed by atoms with E-state index in [-0.39, 0.29) is 0 Å². The molecule has 70 valence electrons. The summed E-state index contributed by atoms with van der Waals surface area (Å²) >= 11 is 0. The third-order valence-corrected chi connectivity index (χ3v) is 2.74. The second-order valence-electron chi connectivity index (χ2n) is 3.73. The molecule has 1 heterocycles. The number of hydrogen-bond acceptors (Lipinski definition) is 1. The number of carbonyl (C=O) groups excluding carboxylic acids is 1. The largest absolute Gasteiger partial charge is 0.365 e. The van der Waals surface area contributed by atoms with Gasteiger partial charge >= 0.3 is 0 Å². The predicted molar refractivity (Wildman–Crippen MR) is 51.7 cm³/mol. The Hall–Kier alpha value is -1.05. The molecule has 0 saturated carbocycles. The van der Waals surface area contributed by atoms with Crippen molar-refractivity contribution in [3.05, 3.63) is 23.5 Å². The monoisotopic (exact) mass is 177 g/mol. The van der Waals surface area contributed by atoms with E-state index in [1.165, 1.54) is 11.3 Å². The number of nitrogens with one attached hydrogen (secondary N) is 1. The van der Waals surface area contributed by atoms with E-state index in [1.54, 1.807) is 0 Å². The van der Waals surface area contributed by atoms with E-state index in [2.05, 4.69) is 11.1 Å². The molecule has 1 N–H and O–H groups in total. The van der Waals surface area contributed by atoms with Crippen molar-refractivity contribution in [1.82, 2.24) is 4.98 Å². The Kier molecular flexibility index (Phi) is 2.48. The molecule has 0 bridgehead atoms. The number of hydrogen-bond donors (Lipinski definition) is 1. The minimum atomic E-state index is 0.419. The lowest BCUT2D eigenvalue weighted by Gasteiger charge is -1.98. The van der Waals surface area contributed by atoms with Gasteiger partial charge in [0.2, 0.25) is 0 Å². The highest BCUT2D eigenvalue weighted by Gasteiger charge is 2.10. The van der Waals surface area contributed by atoms with Gasteiger partial charge in [-0.2, -0.15) is 0 Å². The van der Waals surface area contributed by atoms with Crippen molar-refractivity contribution < 1.29 is 4.79 Å². The van der Waals surface area contributed by atoms with E-state index in [4.69, 9.17) is 0 Å². The van der Waals surface area contributed by atoms with Crippen LogP contribution < -0.4 is 0 Å². The van der Waals surface area contributed by atoms with Gasteiger partial charge in [-0.15, -0.1) is 0 Å². The molecule has 0 aromatic carbocycles. The maximum absolute atomic E-state index is 11.3. The Bertz CT molecular complexity index is 301. The van der Waals surface area contributed by atoms with Crippen molar-refractivity contribution in [3.63, 3.8) is 0 Å². The number of aromatic amines is 1. The van der Waals surface area contributed by atoms with Crippen LogP contribution in [0.3, 0.4) is 0 Å². The molecule has 0 saturated heterocycles. The minimum absolute atomic E-state index is 0.419. The first kappa shape index (κ1) is 8.54. The first-order valence-electron chi connectivity index (χ1n) is 5.03. The van der Waals surface area contributed by atoms with Gasteiger partial charge in [0.25, 0.3) is 0 Å². The van der Waals surface area contributed by atoms with Crippen LogP contribution in [0.2, 0.25) is 0 Å². The molecule has 13 heavy (non-hydrogen) atoms. The van der Waals surface area contributed by atoms with Crippen molar-refractivity contribution in [1.29, 1.82) is 0 Å². The molecule has 0 fully saturated rings. The summed E-state index contributed by atoms with van der Waals surface area (Å²) < 4.78 is 0. The van der Waals surface area contributed by atoms with Crippen molar-refractivity contribution in [2.75, 3.05) is 0 Å². The van der Waals surface area contributed by atoms with E-state index in [1.807, 2.05) is 6.20 Å². The van der Waals surface area contributed by atoms with Crippen molar-refractivity contribution >= 4 is 5.78 Å². The fourth-order valence-electron chi connectivity index (χ4n) is 1.93. The molecule has 2 rings (SSSR count). The molecule has 0 spiro atoms. The van der Waals surface area contributed by atoms with Gasteiger partial charge in [-0.1, -0.05) is 0 Å². The van der Waals surface area contributed by atoms with E-state index < -0.39 is 0 Å². The summed E-state index contributed by atoms with van der Waals surface area (Å²) in [5.74, 6) is 0.419. The van der Waals surface area contributed by atoms with Gasteiger partial charge in [-0.25, -0.2) is 0 Å². The third-order valence-electron chi connectivity index (χ3n) is 2.74. The number of rotatable bonds is 0. The van der Waals surface area contributed by atoms with Crippen LogP contribution in [-0.2, 0) is 17.6 Å². The second-order valence-corrected chi connectivity index (χ2v) is 3.73. The molecule has 0 radical (unpaired) electrons. The predicted octanol–water partition coefficient (Wildman–Crippen LogP) is 2.24. The molecule has 0 aliphatic heterocycles. The summed E-state index contributed by atoms with van der Waals surface area (Å²) in [7, 11) is 0. The topological polar surface area (TPSA) is 32.9 Å². The number of fused-ring (bicyclic) bond motifs is 1. The van der Waals surface area contributed by atoms with Crippen LogP contribution >= 0.6 is 0 Å². The van der Waals surface area contributed by atoms with E-state index in [0.717, 1.165) is 32.1 Å². The molecule has 2 heteroatoms. The molecule has 1 aliphatic rings.